The summed E-state index contributed by atoms with van der Waals surface area (Å²) in [5.74, 6) is 5.40. The molecule has 2 N–H and O–H groups in total. The van der Waals surface area contributed by atoms with Crippen LogP contribution in [-0.2, 0) is 11.3 Å². The number of nitrogens with zero attached hydrogens (tertiary/aromatic N) is 1. The van der Waals surface area contributed by atoms with Crippen LogP contribution < -0.4 is 5.73 Å². The van der Waals surface area contributed by atoms with Crippen LogP contribution in [0.25, 0.3) is 0 Å². The number of likely N-dealkylation sites (N-methyl/N-ethyl adjacent to an activating group) is 1. The van der Waals surface area contributed by atoms with E-state index in [1.54, 1.807) is 6.07 Å². The summed E-state index contributed by atoms with van der Waals surface area (Å²) in [6.45, 7) is 5.20. The summed E-state index contributed by atoms with van der Waals surface area (Å²) >= 11 is 0. The Morgan fingerprint density at radius 3 is 2.89 bits per heavy atom. The predicted molar refractivity (Wildman–Crippen MR) is 75.2 cm³/mol. The van der Waals surface area contributed by atoms with Gasteiger partial charge in [-0.15, -0.1) is 0 Å². The van der Waals surface area contributed by atoms with E-state index in [1.807, 2.05) is 14.0 Å². The van der Waals surface area contributed by atoms with Gasteiger partial charge in [-0.2, -0.15) is 0 Å². The third-order valence-electron chi connectivity index (χ3n) is 2.66. The lowest BCUT2D eigenvalue weighted by atomic mass is 10.1. The molecule has 0 saturated heterocycles. The van der Waals surface area contributed by atoms with Gasteiger partial charge in [-0.1, -0.05) is 17.9 Å². The van der Waals surface area contributed by atoms with Gasteiger partial charge in [-0.3, -0.25) is 4.90 Å². The standard InChI is InChI=1S/C15H21FN2O/c1-3-19-10-9-18(2)12-14-6-7-15(16)11-13(14)5-4-8-17/h6-7,11H,3,8-10,12,17H2,1-2H3. The van der Waals surface area contributed by atoms with E-state index in [0.29, 0.717) is 18.7 Å². The van der Waals surface area contributed by atoms with Gasteiger partial charge in [0.25, 0.3) is 0 Å². The first kappa shape index (κ1) is 15.6. The van der Waals surface area contributed by atoms with Crippen molar-refractivity contribution >= 4 is 0 Å². The lowest BCUT2D eigenvalue weighted by Gasteiger charge is -2.17. The molecule has 0 fully saturated rings. The molecule has 4 heteroatoms. The summed E-state index contributed by atoms with van der Waals surface area (Å²) in [5.41, 5.74) is 7.06. The Labute approximate surface area is 114 Å². The van der Waals surface area contributed by atoms with Crippen LogP contribution in [0.5, 0.6) is 0 Å². The second-order valence-corrected chi connectivity index (χ2v) is 4.24. The Bertz CT molecular complexity index is 451. The average Bonchev–Trinajstić information content (AvgIpc) is 2.39. The van der Waals surface area contributed by atoms with E-state index < -0.39 is 0 Å². The van der Waals surface area contributed by atoms with E-state index in [4.69, 9.17) is 10.5 Å². The van der Waals surface area contributed by atoms with Crippen LogP contribution in [0.2, 0.25) is 0 Å². The molecule has 0 aliphatic carbocycles. The van der Waals surface area contributed by atoms with E-state index >= 15 is 0 Å². The molecule has 3 nitrogen and oxygen atoms in total. The first-order chi connectivity index (χ1) is 9.17. The summed E-state index contributed by atoms with van der Waals surface area (Å²) in [6, 6.07) is 4.68. The van der Waals surface area contributed by atoms with E-state index in [9.17, 15) is 4.39 Å². The number of nitrogens with two attached hydrogens (primary N) is 1. The maximum atomic E-state index is 13.2. The highest BCUT2D eigenvalue weighted by Crippen LogP contribution is 2.12. The van der Waals surface area contributed by atoms with Crippen molar-refractivity contribution in [2.45, 2.75) is 13.5 Å². The van der Waals surface area contributed by atoms with Gasteiger partial charge in [0.2, 0.25) is 0 Å². The van der Waals surface area contributed by atoms with Gasteiger partial charge in [0.05, 0.1) is 13.2 Å². The van der Waals surface area contributed by atoms with Gasteiger partial charge < -0.3 is 10.5 Å². The molecule has 0 aliphatic heterocycles. The quantitative estimate of drug-likeness (QED) is 0.626. The summed E-state index contributed by atoms with van der Waals surface area (Å²) in [5, 5.41) is 0. The second kappa shape index (κ2) is 8.65. The Morgan fingerprint density at radius 2 is 2.21 bits per heavy atom. The normalized spacial score (nSPS) is 10.4. The SMILES string of the molecule is CCOCCN(C)Cc1ccc(F)cc1C#CCN. The molecule has 0 atom stereocenters. The average molecular weight is 264 g/mol. The molecule has 104 valence electrons. The molecule has 1 rings (SSSR count). The van der Waals surface area contributed by atoms with Crippen molar-refractivity contribution in [1.82, 2.24) is 4.90 Å². The number of hydrogen-bond donors (Lipinski definition) is 1. The third-order valence-corrected chi connectivity index (χ3v) is 2.66. The van der Waals surface area contributed by atoms with Gasteiger partial charge in [-0.25, -0.2) is 4.39 Å². The number of ether oxygens (including phenoxy) is 1. The predicted octanol–water partition coefficient (Wildman–Crippen LogP) is 1.60. The van der Waals surface area contributed by atoms with Crippen LogP contribution in [0.3, 0.4) is 0 Å². The van der Waals surface area contributed by atoms with Crippen molar-refractivity contribution in [2.75, 3.05) is 33.4 Å². The maximum absolute atomic E-state index is 13.2. The van der Waals surface area contributed by atoms with E-state index in [0.717, 1.165) is 18.7 Å². The number of rotatable bonds is 6. The highest BCUT2D eigenvalue weighted by Gasteiger charge is 2.05. The lowest BCUT2D eigenvalue weighted by Crippen LogP contribution is -2.23. The van der Waals surface area contributed by atoms with Crippen LogP contribution in [0, 0.1) is 17.7 Å². The van der Waals surface area contributed by atoms with Crippen molar-refractivity contribution in [2.24, 2.45) is 5.73 Å². The fourth-order valence-corrected chi connectivity index (χ4v) is 1.68. The maximum Gasteiger partial charge on any atom is 0.124 e. The Hall–Kier alpha value is -1.41. The van der Waals surface area contributed by atoms with Crippen molar-refractivity contribution in [3.05, 3.63) is 35.1 Å². The van der Waals surface area contributed by atoms with Crippen LogP contribution in [0.15, 0.2) is 18.2 Å². The molecule has 0 heterocycles. The summed E-state index contributed by atoms with van der Waals surface area (Å²) < 4.78 is 18.5. The van der Waals surface area contributed by atoms with Crippen molar-refractivity contribution in [1.29, 1.82) is 0 Å². The number of benzene rings is 1. The molecule has 0 saturated carbocycles. The highest BCUT2D eigenvalue weighted by atomic mass is 19.1. The zero-order chi connectivity index (χ0) is 14.1. The molecule has 19 heavy (non-hydrogen) atoms. The second-order valence-electron chi connectivity index (χ2n) is 4.24. The minimum Gasteiger partial charge on any atom is -0.380 e. The first-order valence-corrected chi connectivity index (χ1v) is 6.41. The largest absolute Gasteiger partial charge is 0.380 e. The summed E-state index contributed by atoms with van der Waals surface area (Å²) in [7, 11) is 2.00. The van der Waals surface area contributed by atoms with Crippen molar-refractivity contribution < 1.29 is 9.13 Å². The molecule has 1 aromatic rings. The molecular formula is C15H21FN2O. The highest BCUT2D eigenvalue weighted by molar-refractivity contribution is 5.41. The molecule has 0 amide bonds. The molecule has 0 unspecified atom stereocenters. The number of hydrogen-bond acceptors (Lipinski definition) is 3. The van der Waals surface area contributed by atoms with E-state index in [2.05, 4.69) is 16.7 Å². The molecule has 0 aromatic heterocycles. The number of halogens is 1. The van der Waals surface area contributed by atoms with Crippen molar-refractivity contribution in [3.8, 4) is 11.8 Å². The molecule has 1 aromatic carbocycles. The van der Waals surface area contributed by atoms with Crippen LogP contribution >= 0.6 is 0 Å². The van der Waals surface area contributed by atoms with Gasteiger partial charge in [0.1, 0.15) is 5.82 Å². The minimum absolute atomic E-state index is 0.274. The summed E-state index contributed by atoms with van der Waals surface area (Å²) in [4.78, 5) is 2.12. The van der Waals surface area contributed by atoms with Gasteiger partial charge in [-0.05, 0) is 31.7 Å². The molecule has 0 aliphatic rings. The van der Waals surface area contributed by atoms with E-state index in [-0.39, 0.29) is 12.4 Å². The minimum atomic E-state index is -0.276. The topological polar surface area (TPSA) is 38.5 Å². The molecule has 0 radical (unpaired) electrons. The Morgan fingerprint density at radius 1 is 1.42 bits per heavy atom. The Balaban J connectivity index is 2.71. The molecule has 0 spiro atoms. The molecule has 0 bridgehead atoms. The zero-order valence-electron chi connectivity index (χ0n) is 11.6. The van der Waals surface area contributed by atoms with E-state index in [1.165, 1.54) is 12.1 Å². The first-order valence-electron chi connectivity index (χ1n) is 6.41. The zero-order valence-corrected chi connectivity index (χ0v) is 11.6. The lowest BCUT2D eigenvalue weighted by molar-refractivity contribution is 0.120. The third kappa shape index (κ3) is 5.84. The molecular weight excluding hydrogens is 243 g/mol. The van der Waals surface area contributed by atoms with Gasteiger partial charge in [0.15, 0.2) is 0 Å². The van der Waals surface area contributed by atoms with Gasteiger partial charge >= 0.3 is 0 Å². The van der Waals surface area contributed by atoms with Crippen LogP contribution in [0.4, 0.5) is 4.39 Å². The fraction of sp³-hybridized carbons (Fsp3) is 0.467. The fourth-order valence-electron chi connectivity index (χ4n) is 1.68. The smallest absolute Gasteiger partial charge is 0.124 e. The van der Waals surface area contributed by atoms with Crippen LogP contribution in [0.1, 0.15) is 18.1 Å². The van der Waals surface area contributed by atoms with Gasteiger partial charge in [0, 0.05) is 25.3 Å². The summed E-state index contributed by atoms with van der Waals surface area (Å²) in [6.07, 6.45) is 0. The monoisotopic (exact) mass is 264 g/mol. The Kier molecular flexibility index (Phi) is 7.12. The van der Waals surface area contributed by atoms with Crippen molar-refractivity contribution in [3.63, 3.8) is 0 Å². The van der Waals surface area contributed by atoms with Crippen LogP contribution in [-0.4, -0.2) is 38.3 Å².